The molecular formula is C11H12N2OS. The average molecular weight is 220 g/mol. The van der Waals surface area contributed by atoms with Crippen molar-refractivity contribution >= 4 is 23.1 Å². The van der Waals surface area contributed by atoms with Crippen molar-refractivity contribution in [1.29, 1.82) is 0 Å². The number of nitrogens with one attached hydrogen (secondary N) is 2. The van der Waals surface area contributed by atoms with Gasteiger partial charge in [0.05, 0.1) is 0 Å². The number of fused-ring (bicyclic) bond motifs is 1. The predicted molar refractivity (Wildman–Crippen MR) is 63.6 cm³/mol. The van der Waals surface area contributed by atoms with E-state index in [1.165, 1.54) is 4.88 Å². The van der Waals surface area contributed by atoms with Gasteiger partial charge in [-0.25, -0.2) is 4.79 Å². The van der Waals surface area contributed by atoms with E-state index >= 15 is 0 Å². The smallest absolute Gasteiger partial charge is 0.319 e. The molecule has 4 heteroatoms. The standard InChI is InChI=1S/C11H12N2OS/c1-2-12-11(14)13-9-6-8-4-3-5-15-10(8)7-9/h3-7H,2H2,1H3,(H2,12,13,14). The highest BCUT2D eigenvalue weighted by atomic mass is 32.1. The minimum absolute atomic E-state index is 0.155. The van der Waals surface area contributed by atoms with Gasteiger partial charge in [0.25, 0.3) is 0 Å². The zero-order chi connectivity index (χ0) is 10.7. The van der Waals surface area contributed by atoms with Crippen molar-refractivity contribution < 1.29 is 4.79 Å². The zero-order valence-electron chi connectivity index (χ0n) is 8.41. The molecule has 2 amide bonds. The van der Waals surface area contributed by atoms with Crippen LogP contribution in [0, 0.1) is 0 Å². The number of carbonyl (C=O) groups excluding carboxylic acids is 1. The topological polar surface area (TPSA) is 41.1 Å². The molecule has 0 spiro atoms. The second kappa shape index (κ2) is 4.31. The Morgan fingerprint density at radius 2 is 2.33 bits per heavy atom. The molecule has 1 aliphatic carbocycles. The van der Waals surface area contributed by atoms with Crippen molar-refractivity contribution in [2.75, 3.05) is 11.9 Å². The molecule has 15 heavy (non-hydrogen) atoms. The van der Waals surface area contributed by atoms with Gasteiger partial charge in [0.15, 0.2) is 0 Å². The molecule has 0 fully saturated rings. The molecular weight excluding hydrogens is 208 g/mol. The summed E-state index contributed by atoms with van der Waals surface area (Å²) in [5, 5.41) is 7.51. The number of urea groups is 1. The first-order valence-corrected chi connectivity index (χ1v) is 5.69. The first-order valence-electron chi connectivity index (χ1n) is 4.81. The van der Waals surface area contributed by atoms with Gasteiger partial charge in [-0.3, -0.25) is 0 Å². The van der Waals surface area contributed by atoms with Crippen LogP contribution in [0.2, 0.25) is 0 Å². The maximum Gasteiger partial charge on any atom is 0.319 e. The van der Waals surface area contributed by atoms with E-state index in [-0.39, 0.29) is 6.03 Å². The summed E-state index contributed by atoms with van der Waals surface area (Å²) in [6.45, 7) is 2.53. The van der Waals surface area contributed by atoms with Crippen LogP contribution >= 0.6 is 11.3 Å². The van der Waals surface area contributed by atoms with E-state index in [1.54, 1.807) is 11.3 Å². The number of anilines is 1. The monoisotopic (exact) mass is 220 g/mol. The van der Waals surface area contributed by atoms with E-state index in [0.29, 0.717) is 6.54 Å². The Kier molecular flexibility index (Phi) is 2.87. The maximum atomic E-state index is 11.3. The molecule has 0 aromatic carbocycles. The van der Waals surface area contributed by atoms with Crippen LogP contribution < -0.4 is 10.6 Å². The third kappa shape index (κ3) is 2.27. The van der Waals surface area contributed by atoms with Gasteiger partial charge in [-0.2, -0.15) is 0 Å². The molecule has 0 saturated heterocycles. The molecule has 78 valence electrons. The number of rotatable bonds is 2. The Morgan fingerprint density at radius 1 is 1.47 bits per heavy atom. The lowest BCUT2D eigenvalue weighted by Gasteiger charge is -2.01. The molecule has 0 bridgehead atoms. The van der Waals surface area contributed by atoms with Crippen LogP contribution in [0.15, 0.2) is 29.6 Å². The minimum Gasteiger partial charge on any atom is -0.338 e. The molecule has 2 rings (SSSR count). The Bertz CT molecular complexity index is 408. The fraction of sp³-hybridized carbons (Fsp3) is 0.182. The van der Waals surface area contributed by atoms with Crippen LogP contribution in [0.25, 0.3) is 10.4 Å². The molecule has 0 atom stereocenters. The van der Waals surface area contributed by atoms with Crippen LogP contribution in [0.3, 0.4) is 0 Å². The molecule has 0 saturated carbocycles. The van der Waals surface area contributed by atoms with E-state index < -0.39 is 0 Å². The van der Waals surface area contributed by atoms with Gasteiger partial charge in [0, 0.05) is 17.1 Å². The van der Waals surface area contributed by atoms with Gasteiger partial charge in [-0.1, -0.05) is 12.1 Å². The second-order valence-corrected chi connectivity index (χ2v) is 4.11. The van der Waals surface area contributed by atoms with Crippen molar-refractivity contribution in [2.45, 2.75) is 6.92 Å². The Balaban J connectivity index is 2.16. The lowest BCUT2D eigenvalue weighted by atomic mass is 10.3. The number of hydrogen-bond donors (Lipinski definition) is 2. The van der Waals surface area contributed by atoms with Gasteiger partial charge in [-0.05, 0) is 30.0 Å². The first-order chi connectivity index (χ1) is 7.29. The highest BCUT2D eigenvalue weighted by Crippen LogP contribution is 2.31. The van der Waals surface area contributed by atoms with Gasteiger partial charge >= 0.3 is 6.03 Å². The van der Waals surface area contributed by atoms with Crippen LogP contribution in [-0.4, -0.2) is 12.6 Å². The summed E-state index contributed by atoms with van der Waals surface area (Å²) in [4.78, 5) is 12.5. The molecule has 0 unspecified atom stereocenters. The Hall–Kier alpha value is -1.55. The summed E-state index contributed by atoms with van der Waals surface area (Å²) >= 11 is 1.67. The van der Waals surface area contributed by atoms with Crippen molar-refractivity contribution in [2.24, 2.45) is 0 Å². The summed E-state index contributed by atoms with van der Waals surface area (Å²) in [6, 6.07) is 7.84. The molecule has 0 aromatic rings. The number of amides is 2. The third-order valence-corrected chi connectivity index (χ3v) is 2.93. The van der Waals surface area contributed by atoms with Gasteiger partial charge in [0.2, 0.25) is 0 Å². The van der Waals surface area contributed by atoms with E-state index in [0.717, 1.165) is 11.3 Å². The highest BCUT2D eigenvalue weighted by Gasteiger charge is 2.07. The lowest BCUT2D eigenvalue weighted by molar-refractivity contribution is 0.252. The molecule has 2 N–H and O–H groups in total. The van der Waals surface area contributed by atoms with E-state index in [1.807, 2.05) is 36.6 Å². The lowest BCUT2D eigenvalue weighted by Crippen LogP contribution is -2.27. The van der Waals surface area contributed by atoms with Gasteiger partial charge in [0.1, 0.15) is 0 Å². The summed E-state index contributed by atoms with van der Waals surface area (Å²) in [7, 11) is 0. The summed E-state index contributed by atoms with van der Waals surface area (Å²) < 4.78 is 0. The summed E-state index contributed by atoms with van der Waals surface area (Å²) in [5.41, 5.74) is 2.01. The van der Waals surface area contributed by atoms with Gasteiger partial charge < -0.3 is 10.6 Å². The number of hydrogen-bond acceptors (Lipinski definition) is 2. The normalized spacial score (nSPS) is 10.2. The average Bonchev–Trinajstić information content (AvgIpc) is 2.59. The summed E-state index contributed by atoms with van der Waals surface area (Å²) in [6.07, 6.45) is 0. The molecule has 0 aromatic heterocycles. The molecule has 1 aliphatic heterocycles. The van der Waals surface area contributed by atoms with Crippen molar-refractivity contribution in [3.05, 3.63) is 29.6 Å². The van der Waals surface area contributed by atoms with Crippen molar-refractivity contribution in [3.63, 3.8) is 0 Å². The van der Waals surface area contributed by atoms with Crippen LogP contribution in [-0.2, 0) is 0 Å². The van der Waals surface area contributed by atoms with E-state index in [2.05, 4.69) is 10.6 Å². The molecule has 1 heterocycles. The first kappa shape index (κ1) is 9.98. The van der Waals surface area contributed by atoms with Crippen LogP contribution in [0.1, 0.15) is 6.92 Å². The third-order valence-electron chi connectivity index (χ3n) is 2.03. The van der Waals surface area contributed by atoms with Gasteiger partial charge in [-0.15, -0.1) is 11.3 Å². The van der Waals surface area contributed by atoms with E-state index in [4.69, 9.17) is 0 Å². The minimum atomic E-state index is -0.155. The molecule has 2 aliphatic rings. The highest BCUT2D eigenvalue weighted by molar-refractivity contribution is 7.13. The quantitative estimate of drug-likeness (QED) is 0.802. The summed E-state index contributed by atoms with van der Waals surface area (Å²) in [5.74, 6) is 0. The van der Waals surface area contributed by atoms with Crippen molar-refractivity contribution in [3.8, 4) is 10.4 Å². The molecule has 3 nitrogen and oxygen atoms in total. The largest absolute Gasteiger partial charge is 0.338 e. The maximum absolute atomic E-state index is 11.3. The second-order valence-electron chi connectivity index (χ2n) is 3.16. The SMILES string of the molecule is CCNC(=O)Nc1cc2cccsc-2c1. The molecule has 0 radical (unpaired) electrons. The zero-order valence-corrected chi connectivity index (χ0v) is 9.23. The Labute approximate surface area is 92.5 Å². The predicted octanol–water partition coefficient (Wildman–Crippen LogP) is 2.99. The van der Waals surface area contributed by atoms with E-state index in [9.17, 15) is 4.79 Å². The number of carbonyl (C=O) groups is 1. The van der Waals surface area contributed by atoms with Crippen molar-refractivity contribution in [1.82, 2.24) is 5.32 Å². The fourth-order valence-electron chi connectivity index (χ4n) is 1.40. The van der Waals surface area contributed by atoms with Crippen LogP contribution in [0.4, 0.5) is 10.5 Å². The fourth-order valence-corrected chi connectivity index (χ4v) is 2.16. The van der Waals surface area contributed by atoms with Crippen LogP contribution in [0.5, 0.6) is 0 Å². The Morgan fingerprint density at radius 3 is 3.07 bits per heavy atom.